The second kappa shape index (κ2) is 7.39. The zero-order chi connectivity index (χ0) is 20.0. The van der Waals surface area contributed by atoms with Crippen molar-refractivity contribution in [2.45, 2.75) is 38.6 Å². The molecule has 2 aromatic carbocycles. The van der Waals surface area contributed by atoms with Gasteiger partial charge < -0.3 is 9.88 Å². The maximum Gasteiger partial charge on any atom is 0.222 e. The molecule has 1 fully saturated rings. The van der Waals surface area contributed by atoms with E-state index in [-0.39, 0.29) is 11.8 Å². The van der Waals surface area contributed by atoms with Gasteiger partial charge in [-0.15, -0.1) is 11.3 Å². The highest BCUT2D eigenvalue weighted by Crippen LogP contribution is 2.31. The summed E-state index contributed by atoms with van der Waals surface area (Å²) in [4.78, 5) is 23.0. The number of ketones is 1. The molecule has 29 heavy (non-hydrogen) atoms. The molecular weight excluding hydrogens is 378 g/mol. The Morgan fingerprint density at radius 1 is 1.14 bits per heavy atom. The number of Topliss-reactive ketones (excluding diaryl/α,β-unsaturated/α-hetero) is 1. The molecule has 0 amide bonds. The van der Waals surface area contributed by atoms with Gasteiger partial charge in [-0.05, 0) is 32.0 Å². The van der Waals surface area contributed by atoms with Gasteiger partial charge in [0, 0.05) is 35.4 Å². The van der Waals surface area contributed by atoms with Crippen LogP contribution in [0.1, 0.15) is 46.7 Å². The Labute approximate surface area is 174 Å². The van der Waals surface area contributed by atoms with Gasteiger partial charge in [-0.25, -0.2) is 4.98 Å². The van der Waals surface area contributed by atoms with Crippen molar-refractivity contribution in [2.24, 2.45) is 0 Å². The lowest BCUT2D eigenvalue weighted by atomic mass is 9.94. The Bertz CT molecular complexity index is 1150. The molecule has 1 aliphatic heterocycles. The van der Waals surface area contributed by atoms with Gasteiger partial charge in [-0.3, -0.25) is 4.79 Å². The van der Waals surface area contributed by atoms with Crippen LogP contribution in [-0.4, -0.2) is 34.9 Å². The Balaban J connectivity index is 1.31. The summed E-state index contributed by atoms with van der Waals surface area (Å²) in [6.45, 7) is 6.15. The van der Waals surface area contributed by atoms with E-state index in [1.54, 1.807) is 0 Å². The number of likely N-dealkylation sites (tertiary alicyclic amines) is 1. The van der Waals surface area contributed by atoms with Gasteiger partial charge in [0.25, 0.3) is 0 Å². The van der Waals surface area contributed by atoms with E-state index in [0.717, 1.165) is 53.6 Å². The van der Waals surface area contributed by atoms with Crippen LogP contribution >= 0.6 is 11.3 Å². The van der Waals surface area contributed by atoms with Crippen LogP contribution in [0.25, 0.3) is 21.1 Å². The molecule has 0 spiro atoms. The second-order valence-corrected chi connectivity index (χ2v) is 9.27. The summed E-state index contributed by atoms with van der Waals surface area (Å²) in [6, 6.07) is 16.5. The van der Waals surface area contributed by atoms with Crippen LogP contribution in [0.5, 0.6) is 0 Å². The fraction of sp³-hybridized carbons (Fsp3) is 0.333. The summed E-state index contributed by atoms with van der Waals surface area (Å²) in [7, 11) is 0. The maximum absolute atomic E-state index is 13.4. The molecule has 0 bridgehead atoms. The number of carbonyl (C=O) groups is 1. The first kappa shape index (κ1) is 18.5. The standard InChI is InChI=1S/C24H25N3OS/c1-15-22(18-7-3-4-8-19(18)25-15)23(28)16(2)27-13-11-17(12-14-27)24-26-20-9-5-6-10-21(20)29-24/h3-10,16-17,25H,11-14H2,1-2H3/p+1/t16-/m0/s1. The first-order valence-electron chi connectivity index (χ1n) is 10.4. The molecule has 4 aromatic rings. The van der Waals surface area contributed by atoms with Crippen molar-refractivity contribution in [1.29, 1.82) is 0 Å². The average Bonchev–Trinajstić information content (AvgIpc) is 3.33. The lowest BCUT2D eigenvalue weighted by Crippen LogP contribution is -3.17. The topological polar surface area (TPSA) is 50.2 Å². The van der Waals surface area contributed by atoms with Crippen LogP contribution in [0.2, 0.25) is 0 Å². The third-order valence-electron chi connectivity index (χ3n) is 6.43. The van der Waals surface area contributed by atoms with Crippen LogP contribution < -0.4 is 4.90 Å². The Morgan fingerprint density at radius 2 is 1.86 bits per heavy atom. The first-order chi connectivity index (χ1) is 14.1. The van der Waals surface area contributed by atoms with Gasteiger partial charge in [0.2, 0.25) is 5.78 Å². The number of hydrogen-bond acceptors (Lipinski definition) is 3. The van der Waals surface area contributed by atoms with E-state index in [1.165, 1.54) is 14.6 Å². The largest absolute Gasteiger partial charge is 0.358 e. The number of benzene rings is 2. The van der Waals surface area contributed by atoms with E-state index in [4.69, 9.17) is 4.98 Å². The van der Waals surface area contributed by atoms with E-state index >= 15 is 0 Å². The van der Waals surface area contributed by atoms with E-state index in [0.29, 0.717) is 5.92 Å². The number of nitrogens with one attached hydrogen (secondary N) is 2. The number of fused-ring (bicyclic) bond motifs is 2. The number of hydrogen-bond donors (Lipinski definition) is 2. The molecule has 1 aliphatic rings. The number of rotatable bonds is 4. The summed E-state index contributed by atoms with van der Waals surface area (Å²) in [5.74, 6) is 0.779. The zero-order valence-electron chi connectivity index (χ0n) is 16.9. The molecule has 0 saturated carbocycles. The third kappa shape index (κ3) is 3.28. The minimum absolute atomic E-state index is 0.0239. The normalized spacial score (nSPS) is 20.9. The fourth-order valence-corrected chi connectivity index (χ4v) is 5.87. The lowest BCUT2D eigenvalue weighted by molar-refractivity contribution is -0.918. The molecule has 2 aromatic heterocycles. The summed E-state index contributed by atoms with van der Waals surface area (Å²) in [5, 5.41) is 2.31. The van der Waals surface area contributed by atoms with Crippen LogP contribution in [0.4, 0.5) is 0 Å². The number of nitrogens with zero attached hydrogens (tertiary/aromatic N) is 1. The highest BCUT2D eigenvalue weighted by atomic mass is 32.1. The Hall–Kier alpha value is -2.50. The van der Waals surface area contributed by atoms with Crippen molar-refractivity contribution in [1.82, 2.24) is 9.97 Å². The van der Waals surface area contributed by atoms with E-state index in [2.05, 4.69) is 36.2 Å². The maximum atomic E-state index is 13.4. The molecule has 0 unspecified atom stereocenters. The van der Waals surface area contributed by atoms with Gasteiger partial charge in [-0.1, -0.05) is 30.3 Å². The van der Waals surface area contributed by atoms with Crippen LogP contribution in [0.15, 0.2) is 48.5 Å². The molecule has 5 rings (SSSR count). The number of quaternary nitrogens is 1. The Kier molecular flexibility index (Phi) is 4.72. The number of piperidine rings is 1. The summed E-state index contributed by atoms with van der Waals surface area (Å²) in [6.07, 6.45) is 2.19. The third-order valence-corrected chi connectivity index (χ3v) is 7.63. The highest BCUT2D eigenvalue weighted by Gasteiger charge is 2.33. The first-order valence-corrected chi connectivity index (χ1v) is 11.2. The number of aromatic amines is 1. The highest BCUT2D eigenvalue weighted by molar-refractivity contribution is 7.18. The molecule has 0 aliphatic carbocycles. The molecule has 148 valence electrons. The zero-order valence-corrected chi connectivity index (χ0v) is 17.7. The quantitative estimate of drug-likeness (QED) is 0.503. The van der Waals surface area contributed by atoms with Crippen molar-refractivity contribution in [3.05, 3.63) is 64.8 Å². The van der Waals surface area contributed by atoms with E-state index < -0.39 is 0 Å². The van der Waals surface area contributed by atoms with Crippen molar-refractivity contribution in [3.63, 3.8) is 0 Å². The van der Waals surface area contributed by atoms with Crippen molar-refractivity contribution in [3.8, 4) is 0 Å². The van der Waals surface area contributed by atoms with Crippen molar-refractivity contribution in [2.75, 3.05) is 13.1 Å². The number of para-hydroxylation sites is 2. The van der Waals surface area contributed by atoms with Crippen molar-refractivity contribution >= 4 is 38.2 Å². The molecule has 3 heterocycles. The van der Waals surface area contributed by atoms with Gasteiger partial charge in [0.05, 0.1) is 33.9 Å². The molecular formula is C24H26N3OS+. The lowest BCUT2D eigenvalue weighted by Gasteiger charge is -2.32. The van der Waals surface area contributed by atoms with Gasteiger partial charge in [-0.2, -0.15) is 0 Å². The van der Waals surface area contributed by atoms with Gasteiger partial charge >= 0.3 is 0 Å². The number of thiazole rings is 1. The Morgan fingerprint density at radius 3 is 2.66 bits per heavy atom. The molecule has 2 N–H and O–H groups in total. The monoisotopic (exact) mass is 404 g/mol. The van der Waals surface area contributed by atoms with Gasteiger partial charge in [0.1, 0.15) is 6.04 Å². The number of aryl methyl sites for hydroxylation is 1. The molecule has 0 radical (unpaired) electrons. The summed E-state index contributed by atoms with van der Waals surface area (Å²) in [5.41, 5.74) is 4.01. The average molecular weight is 405 g/mol. The molecule has 1 saturated heterocycles. The second-order valence-electron chi connectivity index (χ2n) is 8.21. The number of H-pyrrole nitrogens is 1. The minimum Gasteiger partial charge on any atom is -0.358 e. The fourth-order valence-electron chi connectivity index (χ4n) is 4.73. The smallest absolute Gasteiger partial charge is 0.222 e. The predicted molar refractivity (Wildman–Crippen MR) is 119 cm³/mol. The van der Waals surface area contributed by atoms with Crippen molar-refractivity contribution < 1.29 is 9.69 Å². The summed E-state index contributed by atoms with van der Waals surface area (Å²) >= 11 is 1.83. The van der Waals surface area contributed by atoms with Crippen LogP contribution in [0.3, 0.4) is 0 Å². The summed E-state index contributed by atoms with van der Waals surface area (Å²) < 4.78 is 1.27. The SMILES string of the molecule is Cc1[nH]c2ccccc2c1C(=O)[C@H](C)[NH+]1CCC(c2nc3ccccc3s2)CC1. The van der Waals surface area contributed by atoms with Crippen LogP contribution in [0, 0.1) is 6.92 Å². The van der Waals surface area contributed by atoms with E-state index in [9.17, 15) is 4.79 Å². The molecule has 4 nitrogen and oxygen atoms in total. The molecule has 1 atom stereocenters. The minimum atomic E-state index is -0.0239. The van der Waals surface area contributed by atoms with Gasteiger partial charge in [0.15, 0.2) is 0 Å². The van der Waals surface area contributed by atoms with E-state index in [1.807, 2.05) is 42.5 Å². The predicted octanol–water partition coefficient (Wildman–Crippen LogP) is 4.12. The van der Waals surface area contributed by atoms with Crippen LogP contribution in [-0.2, 0) is 0 Å². The molecule has 5 heteroatoms. The number of aromatic nitrogens is 2. The number of carbonyl (C=O) groups excluding carboxylic acids is 1.